The molecule has 144 valence electrons. The number of nitrogens with zero attached hydrogens (tertiary/aromatic N) is 6. The lowest BCUT2D eigenvalue weighted by molar-refractivity contribution is -0.137. The average Bonchev–Trinajstić information content (AvgIpc) is 3.23. The number of aryl methyl sites for hydroxylation is 1. The van der Waals surface area contributed by atoms with E-state index in [0.717, 1.165) is 17.7 Å². The Morgan fingerprint density at radius 1 is 1.07 bits per heavy atom. The maximum atomic E-state index is 13.1. The van der Waals surface area contributed by atoms with Gasteiger partial charge in [0.15, 0.2) is 11.0 Å². The van der Waals surface area contributed by atoms with Crippen molar-refractivity contribution in [2.45, 2.75) is 23.6 Å². The zero-order chi connectivity index (χ0) is 19.7. The lowest BCUT2D eigenvalue weighted by atomic mass is 10.2. The molecular formula is C18H15F3N6S. The fraction of sp³-hybridized carbons (Fsp3) is 0.222. The lowest BCUT2D eigenvalue weighted by Gasteiger charge is -2.09. The topological polar surface area (TPSA) is 61.4 Å². The van der Waals surface area contributed by atoms with E-state index in [9.17, 15) is 13.2 Å². The first kappa shape index (κ1) is 18.5. The maximum absolute atomic E-state index is 13.1. The van der Waals surface area contributed by atoms with E-state index in [-0.39, 0.29) is 0 Å². The van der Waals surface area contributed by atoms with Crippen LogP contribution < -0.4 is 0 Å². The molecule has 0 aliphatic carbocycles. The predicted octanol–water partition coefficient (Wildman–Crippen LogP) is 3.92. The SMILES string of the molecule is Cn1nnc(CSc2nc3cc(C(F)(F)F)ccc3n2Cc2ccccc2)n1. The lowest BCUT2D eigenvalue weighted by Crippen LogP contribution is -2.05. The van der Waals surface area contributed by atoms with Gasteiger partial charge in [-0.2, -0.15) is 18.0 Å². The first-order valence-electron chi connectivity index (χ1n) is 8.37. The van der Waals surface area contributed by atoms with Crippen molar-refractivity contribution in [3.63, 3.8) is 0 Å². The largest absolute Gasteiger partial charge is 0.416 e. The van der Waals surface area contributed by atoms with Crippen LogP contribution in [-0.4, -0.2) is 29.8 Å². The van der Waals surface area contributed by atoms with E-state index in [1.165, 1.54) is 22.6 Å². The average molecular weight is 404 g/mol. The zero-order valence-corrected chi connectivity index (χ0v) is 15.6. The van der Waals surface area contributed by atoms with E-state index in [0.29, 0.717) is 34.3 Å². The number of aromatic nitrogens is 6. The number of rotatable bonds is 5. The molecule has 10 heteroatoms. The zero-order valence-electron chi connectivity index (χ0n) is 14.8. The van der Waals surface area contributed by atoms with Gasteiger partial charge in [-0.1, -0.05) is 42.1 Å². The number of benzene rings is 2. The van der Waals surface area contributed by atoms with E-state index in [1.807, 2.05) is 34.9 Å². The molecule has 2 heterocycles. The summed E-state index contributed by atoms with van der Waals surface area (Å²) in [5.41, 5.74) is 1.27. The number of tetrazole rings is 1. The Kier molecular flexibility index (Phi) is 4.80. The molecule has 0 unspecified atom stereocenters. The first-order chi connectivity index (χ1) is 13.4. The number of hydrogen-bond acceptors (Lipinski definition) is 5. The van der Waals surface area contributed by atoms with E-state index in [4.69, 9.17) is 0 Å². The standard InChI is InChI=1S/C18H15F3N6S/c1-26-24-16(23-25-26)11-28-17-22-14-9-13(18(19,20)21)7-8-15(14)27(17)10-12-5-3-2-4-6-12/h2-9H,10-11H2,1H3. The third kappa shape index (κ3) is 3.86. The summed E-state index contributed by atoms with van der Waals surface area (Å²) in [5.74, 6) is 0.944. The fourth-order valence-electron chi connectivity index (χ4n) is 2.82. The van der Waals surface area contributed by atoms with Gasteiger partial charge in [0.05, 0.1) is 35.9 Å². The van der Waals surface area contributed by atoms with Gasteiger partial charge in [-0.25, -0.2) is 4.98 Å². The Balaban J connectivity index is 1.73. The summed E-state index contributed by atoms with van der Waals surface area (Å²) in [6.07, 6.45) is -4.41. The molecule has 0 saturated heterocycles. The monoisotopic (exact) mass is 404 g/mol. The van der Waals surface area contributed by atoms with Crippen LogP contribution in [0.15, 0.2) is 53.7 Å². The third-order valence-corrected chi connectivity index (χ3v) is 5.08. The molecule has 0 aliphatic rings. The molecule has 0 radical (unpaired) electrons. The number of alkyl halides is 3. The molecule has 0 aliphatic heterocycles. The highest BCUT2D eigenvalue weighted by Gasteiger charge is 2.31. The van der Waals surface area contributed by atoms with Crippen molar-refractivity contribution in [1.82, 2.24) is 29.8 Å². The van der Waals surface area contributed by atoms with Gasteiger partial charge in [-0.3, -0.25) is 0 Å². The summed E-state index contributed by atoms with van der Waals surface area (Å²) in [4.78, 5) is 5.81. The quantitative estimate of drug-likeness (QED) is 0.472. The summed E-state index contributed by atoms with van der Waals surface area (Å²) >= 11 is 1.36. The van der Waals surface area contributed by atoms with Crippen LogP contribution in [0.2, 0.25) is 0 Å². The van der Waals surface area contributed by atoms with Gasteiger partial charge in [-0.05, 0) is 29.0 Å². The Labute approximate surface area is 162 Å². The van der Waals surface area contributed by atoms with Crippen molar-refractivity contribution in [3.8, 4) is 0 Å². The van der Waals surface area contributed by atoms with Gasteiger partial charge in [0.1, 0.15) is 0 Å². The van der Waals surface area contributed by atoms with Crippen LogP contribution in [-0.2, 0) is 25.5 Å². The van der Waals surface area contributed by atoms with Crippen LogP contribution >= 0.6 is 11.8 Å². The van der Waals surface area contributed by atoms with Crippen LogP contribution in [0.5, 0.6) is 0 Å². The second-order valence-electron chi connectivity index (χ2n) is 6.15. The van der Waals surface area contributed by atoms with Crippen molar-refractivity contribution in [2.24, 2.45) is 7.05 Å². The Morgan fingerprint density at radius 2 is 1.86 bits per heavy atom. The molecular weight excluding hydrogens is 389 g/mol. The van der Waals surface area contributed by atoms with Crippen LogP contribution in [0.25, 0.3) is 11.0 Å². The number of thioether (sulfide) groups is 1. The third-order valence-electron chi connectivity index (χ3n) is 4.10. The van der Waals surface area contributed by atoms with Crippen LogP contribution in [0.3, 0.4) is 0 Å². The van der Waals surface area contributed by atoms with Crippen LogP contribution in [0, 0.1) is 0 Å². The van der Waals surface area contributed by atoms with Gasteiger partial charge in [0, 0.05) is 0 Å². The van der Waals surface area contributed by atoms with Crippen molar-refractivity contribution < 1.29 is 13.2 Å². The molecule has 6 nitrogen and oxygen atoms in total. The van der Waals surface area contributed by atoms with Gasteiger partial charge in [0.25, 0.3) is 0 Å². The highest BCUT2D eigenvalue weighted by atomic mass is 32.2. The van der Waals surface area contributed by atoms with Gasteiger partial charge < -0.3 is 4.57 Å². The minimum atomic E-state index is -4.41. The molecule has 0 bridgehead atoms. The van der Waals surface area contributed by atoms with E-state index < -0.39 is 11.7 Å². The second kappa shape index (κ2) is 7.27. The van der Waals surface area contributed by atoms with Crippen molar-refractivity contribution >= 4 is 22.8 Å². The van der Waals surface area contributed by atoms with E-state index >= 15 is 0 Å². The van der Waals surface area contributed by atoms with E-state index in [1.54, 1.807) is 7.05 Å². The number of imidazole rings is 1. The maximum Gasteiger partial charge on any atom is 0.416 e. The molecule has 2 aromatic carbocycles. The summed E-state index contributed by atoms with van der Waals surface area (Å²) in [6.45, 7) is 0.499. The molecule has 0 spiro atoms. The predicted molar refractivity (Wildman–Crippen MR) is 98.6 cm³/mol. The Hall–Kier alpha value is -2.88. The number of hydrogen-bond donors (Lipinski definition) is 0. The molecule has 2 aromatic heterocycles. The molecule has 0 atom stereocenters. The molecule has 4 aromatic rings. The van der Waals surface area contributed by atoms with Crippen molar-refractivity contribution in [3.05, 3.63) is 65.5 Å². The van der Waals surface area contributed by atoms with Crippen LogP contribution in [0.1, 0.15) is 17.0 Å². The summed E-state index contributed by atoms with van der Waals surface area (Å²) in [6, 6.07) is 13.3. The Morgan fingerprint density at radius 3 is 2.54 bits per heavy atom. The highest BCUT2D eigenvalue weighted by molar-refractivity contribution is 7.98. The van der Waals surface area contributed by atoms with Crippen molar-refractivity contribution in [2.75, 3.05) is 0 Å². The summed E-state index contributed by atoms with van der Waals surface area (Å²) < 4.78 is 41.1. The molecule has 4 rings (SSSR count). The van der Waals surface area contributed by atoms with Crippen LogP contribution in [0.4, 0.5) is 13.2 Å². The summed E-state index contributed by atoms with van der Waals surface area (Å²) in [7, 11) is 1.67. The molecule has 28 heavy (non-hydrogen) atoms. The van der Waals surface area contributed by atoms with Gasteiger partial charge in [0.2, 0.25) is 0 Å². The number of halogens is 3. The first-order valence-corrected chi connectivity index (χ1v) is 9.36. The molecule has 0 N–H and O–H groups in total. The van der Waals surface area contributed by atoms with Crippen molar-refractivity contribution in [1.29, 1.82) is 0 Å². The minimum Gasteiger partial charge on any atom is -0.314 e. The molecule has 0 amide bonds. The minimum absolute atomic E-state index is 0.306. The smallest absolute Gasteiger partial charge is 0.314 e. The fourth-order valence-corrected chi connectivity index (χ4v) is 3.68. The van der Waals surface area contributed by atoms with E-state index in [2.05, 4.69) is 20.4 Å². The second-order valence-corrected chi connectivity index (χ2v) is 7.09. The normalized spacial score (nSPS) is 12.0. The molecule has 0 fully saturated rings. The van der Waals surface area contributed by atoms with Gasteiger partial charge >= 0.3 is 6.18 Å². The Bertz CT molecular complexity index is 1100. The number of fused-ring (bicyclic) bond motifs is 1. The molecule has 0 saturated carbocycles. The van der Waals surface area contributed by atoms with Gasteiger partial charge in [-0.15, -0.1) is 10.2 Å². The summed E-state index contributed by atoms with van der Waals surface area (Å²) in [5, 5.41) is 12.5. The highest BCUT2D eigenvalue weighted by Crippen LogP contribution is 2.33.